The zero-order valence-electron chi connectivity index (χ0n) is 13.3. The lowest BCUT2D eigenvalue weighted by Crippen LogP contribution is -2.36. The Morgan fingerprint density at radius 2 is 2.14 bits per heavy atom. The highest BCUT2D eigenvalue weighted by atomic mass is 32.1. The molecule has 2 heterocycles. The van der Waals surface area contributed by atoms with Crippen LogP contribution in [0.4, 0.5) is 9.93 Å². The average molecular weight is 319 g/mol. The number of nitrogens with zero attached hydrogens (tertiary/aromatic N) is 3. The van der Waals surface area contributed by atoms with E-state index in [2.05, 4.69) is 39.7 Å². The number of amides is 2. The first-order valence-corrected chi connectivity index (χ1v) is 8.14. The summed E-state index contributed by atoms with van der Waals surface area (Å²) >= 11 is 1.39. The molecule has 118 valence electrons. The molecule has 1 atom stereocenters. The largest absolute Gasteiger partial charge is 0.329 e. The van der Waals surface area contributed by atoms with Crippen molar-refractivity contribution >= 4 is 22.5 Å². The summed E-state index contributed by atoms with van der Waals surface area (Å²) in [5.74, 6) is 0.222. The Kier molecular flexibility index (Phi) is 5.43. The highest BCUT2D eigenvalue weighted by Gasteiger charge is 2.21. The molecule has 2 N–H and O–H groups in total. The molecule has 6 nitrogen and oxygen atoms in total. The Morgan fingerprint density at radius 3 is 2.73 bits per heavy atom. The Balaban J connectivity index is 2.08. The lowest BCUT2D eigenvalue weighted by atomic mass is 9.97. The lowest BCUT2D eigenvalue weighted by molar-refractivity contribution is 0.244. The van der Waals surface area contributed by atoms with Crippen LogP contribution in [0.25, 0.3) is 0 Å². The summed E-state index contributed by atoms with van der Waals surface area (Å²) in [5.41, 5.74) is 1.95. The molecule has 0 aliphatic carbocycles. The molecule has 2 aromatic heterocycles. The van der Waals surface area contributed by atoms with Crippen LogP contribution in [0.5, 0.6) is 0 Å². The first-order valence-electron chi connectivity index (χ1n) is 7.32. The van der Waals surface area contributed by atoms with Gasteiger partial charge in [0.1, 0.15) is 5.01 Å². The molecule has 0 aliphatic heterocycles. The topological polar surface area (TPSA) is 79.8 Å². The molecule has 0 aromatic carbocycles. The van der Waals surface area contributed by atoms with Gasteiger partial charge in [-0.3, -0.25) is 10.3 Å². The molecule has 2 rings (SSSR count). The van der Waals surface area contributed by atoms with E-state index in [1.165, 1.54) is 11.3 Å². The van der Waals surface area contributed by atoms with Gasteiger partial charge >= 0.3 is 6.03 Å². The summed E-state index contributed by atoms with van der Waals surface area (Å²) < 4.78 is 0. The molecule has 22 heavy (non-hydrogen) atoms. The van der Waals surface area contributed by atoms with Gasteiger partial charge in [0.2, 0.25) is 5.13 Å². The Bertz CT molecular complexity index is 640. The molecule has 0 unspecified atom stereocenters. The van der Waals surface area contributed by atoms with Gasteiger partial charge in [-0.05, 0) is 30.9 Å². The average Bonchev–Trinajstić information content (AvgIpc) is 2.93. The van der Waals surface area contributed by atoms with Crippen molar-refractivity contribution in [2.75, 3.05) is 5.32 Å². The van der Waals surface area contributed by atoms with Crippen molar-refractivity contribution in [3.8, 4) is 0 Å². The van der Waals surface area contributed by atoms with Crippen LogP contribution >= 0.6 is 11.3 Å². The van der Waals surface area contributed by atoms with E-state index in [-0.39, 0.29) is 18.0 Å². The lowest BCUT2D eigenvalue weighted by Gasteiger charge is -2.23. The number of rotatable bonds is 5. The van der Waals surface area contributed by atoms with Gasteiger partial charge in [0, 0.05) is 6.20 Å². The number of aromatic nitrogens is 3. The summed E-state index contributed by atoms with van der Waals surface area (Å²) in [5, 5.41) is 15.1. The quantitative estimate of drug-likeness (QED) is 0.886. The molecule has 0 saturated heterocycles. The van der Waals surface area contributed by atoms with E-state index in [1.54, 1.807) is 6.20 Å². The van der Waals surface area contributed by atoms with Crippen molar-refractivity contribution < 1.29 is 4.79 Å². The fraction of sp³-hybridized carbons (Fsp3) is 0.467. The first kappa shape index (κ1) is 16.4. The number of pyridine rings is 1. The van der Waals surface area contributed by atoms with Gasteiger partial charge in [0.05, 0.1) is 11.7 Å². The van der Waals surface area contributed by atoms with E-state index in [1.807, 2.05) is 26.0 Å². The number of anilines is 1. The first-order chi connectivity index (χ1) is 10.5. The monoisotopic (exact) mass is 319 g/mol. The van der Waals surface area contributed by atoms with Crippen molar-refractivity contribution in [2.45, 2.75) is 40.2 Å². The molecule has 0 spiro atoms. The number of hydrogen-bond acceptors (Lipinski definition) is 5. The van der Waals surface area contributed by atoms with Crippen LogP contribution in [0, 0.1) is 12.8 Å². The van der Waals surface area contributed by atoms with Crippen molar-refractivity contribution in [3.05, 3.63) is 34.6 Å². The second kappa shape index (κ2) is 7.31. The van der Waals surface area contributed by atoms with Crippen LogP contribution < -0.4 is 10.6 Å². The van der Waals surface area contributed by atoms with Gasteiger partial charge in [-0.25, -0.2) is 4.79 Å². The van der Waals surface area contributed by atoms with Crippen molar-refractivity contribution in [2.24, 2.45) is 5.92 Å². The molecule has 2 amide bonds. The van der Waals surface area contributed by atoms with Crippen molar-refractivity contribution in [1.82, 2.24) is 20.5 Å². The maximum Gasteiger partial charge on any atom is 0.321 e. The molecule has 0 aliphatic rings. The third-order valence-corrected chi connectivity index (χ3v) is 4.27. The summed E-state index contributed by atoms with van der Waals surface area (Å²) in [6, 6.07) is 3.45. The van der Waals surface area contributed by atoms with Gasteiger partial charge in [-0.2, -0.15) is 0 Å². The maximum absolute atomic E-state index is 12.2. The van der Waals surface area contributed by atoms with E-state index in [4.69, 9.17) is 0 Å². The van der Waals surface area contributed by atoms with E-state index in [0.717, 1.165) is 22.7 Å². The summed E-state index contributed by atoms with van der Waals surface area (Å²) in [4.78, 5) is 16.6. The van der Waals surface area contributed by atoms with Crippen LogP contribution in [-0.2, 0) is 6.42 Å². The number of nitrogens with one attached hydrogen (secondary N) is 2. The van der Waals surface area contributed by atoms with Gasteiger partial charge in [0.15, 0.2) is 0 Å². The number of aryl methyl sites for hydroxylation is 2. The third kappa shape index (κ3) is 4.00. The zero-order chi connectivity index (χ0) is 16.1. The minimum absolute atomic E-state index is 0.153. The van der Waals surface area contributed by atoms with Crippen LogP contribution in [0.15, 0.2) is 18.3 Å². The number of hydrogen-bond donors (Lipinski definition) is 2. The summed E-state index contributed by atoms with van der Waals surface area (Å²) in [6.45, 7) is 8.11. The van der Waals surface area contributed by atoms with Crippen LogP contribution in [0.2, 0.25) is 0 Å². The van der Waals surface area contributed by atoms with Crippen molar-refractivity contribution in [3.63, 3.8) is 0 Å². The molecule has 0 saturated carbocycles. The van der Waals surface area contributed by atoms with Gasteiger partial charge in [-0.15, -0.1) is 10.2 Å². The molecule has 0 bridgehead atoms. The molecule has 7 heteroatoms. The highest BCUT2D eigenvalue weighted by molar-refractivity contribution is 7.15. The minimum Gasteiger partial charge on any atom is -0.329 e. The predicted octanol–water partition coefficient (Wildman–Crippen LogP) is 3.32. The summed E-state index contributed by atoms with van der Waals surface area (Å²) in [7, 11) is 0. The van der Waals surface area contributed by atoms with Crippen LogP contribution in [-0.4, -0.2) is 21.2 Å². The van der Waals surface area contributed by atoms with Crippen LogP contribution in [0.3, 0.4) is 0 Å². The SMILES string of the molecule is CCc1nnc(NC(=O)N[C@H](c2ncccc2C)C(C)C)s1. The van der Waals surface area contributed by atoms with Gasteiger partial charge < -0.3 is 5.32 Å². The number of carbonyl (C=O) groups excluding carboxylic acids is 1. The molecular formula is C15H21N5OS. The number of urea groups is 1. The van der Waals surface area contributed by atoms with E-state index >= 15 is 0 Å². The minimum atomic E-state index is -0.289. The van der Waals surface area contributed by atoms with Crippen molar-refractivity contribution in [1.29, 1.82) is 0 Å². The second-order valence-corrected chi connectivity index (χ2v) is 6.44. The van der Waals surface area contributed by atoms with Crippen LogP contribution in [0.1, 0.15) is 43.1 Å². The standard InChI is InChI=1S/C15H21N5OS/c1-5-11-19-20-15(22-11)18-14(21)17-12(9(2)3)13-10(4)7-6-8-16-13/h6-9,12H,5H2,1-4H3,(H2,17,18,20,21)/t12-/m0/s1. The fourth-order valence-electron chi connectivity index (χ4n) is 2.10. The maximum atomic E-state index is 12.2. The van der Waals surface area contributed by atoms with E-state index < -0.39 is 0 Å². The Labute approximate surface area is 134 Å². The fourth-order valence-corrected chi connectivity index (χ4v) is 2.77. The Morgan fingerprint density at radius 1 is 1.36 bits per heavy atom. The third-order valence-electron chi connectivity index (χ3n) is 3.29. The van der Waals surface area contributed by atoms with E-state index in [9.17, 15) is 4.79 Å². The van der Waals surface area contributed by atoms with Gasteiger partial charge in [0.25, 0.3) is 0 Å². The van der Waals surface area contributed by atoms with E-state index in [0.29, 0.717) is 5.13 Å². The predicted molar refractivity (Wildman–Crippen MR) is 88.0 cm³/mol. The smallest absolute Gasteiger partial charge is 0.321 e. The summed E-state index contributed by atoms with van der Waals surface area (Å²) in [6.07, 6.45) is 2.55. The molecule has 0 fully saturated rings. The normalized spacial score (nSPS) is 12.2. The molecule has 0 radical (unpaired) electrons. The molecule has 2 aromatic rings. The Hall–Kier alpha value is -2.02. The van der Waals surface area contributed by atoms with Gasteiger partial charge in [-0.1, -0.05) is 38.2 Å². The molecular weight excluding hydrogens is 298 g/mol. The second-order valence-electron chi connectivity index (χ2n) is 5.38. The zero-order valence-corrected chi connectivity index (χ0v) is 14.1. The highest BCUT2D eigenvalue weighted by Crippen LogP contribution is 2.23. The number of carbonyl (C=O) groups is 1.